The van der Waals surface area contributed by atoms with Crippen molar-refractivity contribution in [1.82, 2.24) is 9.97 Å². The van der Waals surface area contributed by atoms with Gasteiger partial charge in [-0.05, 0) is 43.2 Å². The smallest absolute Gasteiger partial charge is 0.265 e. The summed E-state index contributed by atoms with van der Waals surface area (Å²) in [6.07, 6.45) is 1.64. The fourth-order valence-corrected chi connectivity index (χ4v) is 2.99. The van der Waals surface area contributed by atoms with Crippen LogP contribution >= 0.6 is 11.3 Å². The van der Waals surface area contributed by atoms with E-state index in [1.807, 2.05) is 32.0 Å². The highest BCUT2D eigenvalue weighted by atomic mass is 32.1. The first kappa shape index (κ1) is 17.7. The minimum absolute atomic E-state index is 0.104. The molecule has 2 amide bonds. The van der Waals surface area contributed by atoms with Gasteiger partial charge in [-0.25, -0.2) is 4.98 Å². The third kappa shape index (κ3) is 4.09. The summed E-state index contributed by atoms with van der Waals surface area (Å²) < 4.78 is 5.51. The van der Waals surface area contributed by atoms with E-state index in [0.29, 0.717) is 22.3 Å². The number of aromatic nitrogens is 2. The van der Waals surface area contributed by atoms with Crippen molar-refractivity contribution < 1.29 is 14.3 Å². The first-order chi connectivity index (χ1) is 12.4. The second kappa shape index (κ2) is 7.40. The molecular formula is C18H18N4O3S. The number of thiazole rings is 1. The van der Waals surface area contributed by atoms with Gasteiger partial charge in [-0.15, -0.1) is 11.3 Å². The molecule has 26 heavy (non-hydrogen) atoms. The molecule has 0 atom stereocenters. The Morgan fingerprint density at radius 2 is 2.08 bits per heavy atom. The largest absolute Gasteiger partial charge is 0.484 e. The molecule has 3 rings (SSSR count). The Morgan fingerprint density at radius 1 is 1.27 bits per heavy atom. The van der Waals surface area contributed by atoms with E-state index in [0.717, 1.165) is 11.1 Å². The molecule has 134 valence electrons. The van der Waals surface area contributed by atoms with Crippen LogP contribution in [0.2, 0.25) is 0 Å². The summed E-state index contributed by atoms with van der Waals surface area (Å²) in [6, 6.07) is 7.30. The summed E-state index contributed by atoms with van der Waals surface area (Å²) in [4.78, 5) is 30.3. The SMILES string of the molecule is Cc1ccc(OCC(=O)Nc2nc(-c3c[nH]c(C(N)=O)c3)cs2)cc1C. The molecule has 0 fully saturated rings. The van der Waals surface area contributed by atoms with Crippen molar-refractivity contribution in [3.63, 3.8) is 0 Å². The summed E-state index contributed by atoms with van der Waals surface area (Å²) in [5.41, 5.74) is 9.16. The zero-order chi connectivity index (χ0) is 18.7. The highest BCUT2D eigenvalue weighted by Crippen LogP contribution is 2.25. The van der Waals surface area contributed by atoms with E-state index in [1.54, 1.807) is 17.6 Å². The maximum Gasteiger partial charge on any atom is 0.265 e. The number of hydrogen-bond donors (Lipinski definition) is 3. The average Bonchev–Trinajstić information content (AvgIpc) is 3.25. The van der Waals surface area contributed by atoms with Gasteiger partial charge < -0.3 is 15.5 Å². The number of carbonyl (C=O) groups excluding carboxylic acids is 2. The van der Waals surface area contributed by atoms with Gasteiger partial charge >= 0.3 is 0 Å². The number of rotatable bonds is 6. The number of H-pyrrole nitrogens is 1. The summed E-state index contributed by atoms with van der Waals surface area (Å²) in [5, 5.41) is 4.94. The molecule has 0 saturated heterocycles. The highest BCUT2D eigenvalue weighted by Gasteiger charge is 2.11. The molecule has 0 aliphatic heterocycles. The van der Waals surface area contributed by atoms with Crippen molar-refractivity contribution in [1.29, 1.82) is 0 Å². The fraction of sp³-hybridized carbons (Fsp3) is 0.167. The number of nitrogens with one attached hydrogen (secondary N) is 2. The molecule has 1 aromatic carbocycles. The van der Waals surface area contributed by atoms with Crippen LogP contribution in [0.4, 0.5) is 5.13 Å². The van der Waals surface area contributed by atoms with Crippen LogP contribution in [-0.2, 0) is 4.79 Å². The monoisotopic (exact) mass is 370 g/mol. The number of anilines is 1. The van der Waals surface area contributed by atoms with Crippen LogP contribution in [0.5, 0.6) is 5.75 Å². The maximum absolute atomic E-state index is 12.0. The number of aromatic amines is 1. The van der Waals surface area contributed by atoms with Crippen LogP contribution in [0.25, 0.3) is 11.3 Å². The van der Waals surface area contributed by atoms with Crippen molar-refractivity contribution in [2.24, 2.45) is 5.73 Å². The van der Waals surface area contributed by atoms with Crippen molar-refractivity contribution >= 4 is 28.3 Å². The molecule has 0 spiro atoms. The van der Waals surface area contributed by atoms with Gasteiger partial charge in [-0.3, -0.25) is 14.9 Å². The van der Waals surface area contributed by atoms with Crippen LogP contribution in [0.1, 0.15) is 21.6 Å². The van der Waals surface area contributed by atoms with Gasteiger partial charge in [0.15, 0.2) is 11.7 Å². The number of carbonyl (C=O) groups is 2. The van der Waals surface area contributed by atoms with E-state index in [-0.39, 0.29) is 12.5 Å². The van der Waals surface area contributed by atoms with Gasteiger partial charge in [-0.1, -0.05) is 6.07 Å². The van der Waals surface area contributed by atoms with Gasteiger partial charge in [0.25, 0.3) is 11.8 Å². The van der Waals surface area contributed by atoms with E-state index in [4.69, 9.17) is 10.5 Å². The molecule has 0 unspecified atom stereocenters. The Labute approximate surface area is 154 Å². The number of hydrogen-bond acceptors (Lipinski definition) is 5. The Hall–Kier alpha value is -3.13. The first-order valence-electron chi connectivity index (χ1n) is 7.86. The molecule has 3 aromatic rings. The van der Waals surface area contributed by atoms with Gasteiger partial charge in [0, 0.05) is 17.1 Å². The van der Waals surface area contributed by atoms with Crippen LogP contribution in [0.3, 0.4) is 0 Å². The summed E-state index contributed by atoms with van der Waals surface area (Å²) >= 11 is 1.29. The number of primary amides is 1. The predicted octanol–water partition coefficient (Wildman–Crippen LogP) is 2.87. The molecule has 0 aliphatic rings. The number of nitrogens with zero attached hydrogens (tertiary/aromatic N) is 1. The number of aryl methyl sites for hydroxylation is 2. The standard InChI is InChI=1S/C18H18N4O3S/c1-10-3-4-13(5-11(10)2)25-8-16(23)22-18-21-15(9-26-18)12-6-14(17(19)24)20-7-12/h3-7,9,20H,8H2,1-2H3,(H2,19,24)(H,21,22,23). The molecule has 2 heterocycles. The number of nitrogens with two attached hydrogens (primary N) is 1. The molecule has 2 aromatic heterocycles. The Bertz CT molecular complexity index is 961. The topological polar surface area (TPSA) is 110 Å². The van der Waals surface area contributed by atoms with E-state index in [1.165, 1.54) is 16.9 Å². The van der Waals surface area contributed by atoms with Crippen LogP contribution in [0, 0.1) is 13.8 Å². The Morgan fingerprint density at radius 3 is 2.77 bits per heavy atom. The van der Waals surface area contributed by atoms with E-state index < -0.39 is 5.91 Å². The van der Waals surface area contributed by atoms with Crippen molar-refractivity contribution in [2.75, 3.05) is 11.9 Å². The molecule has 8 heteroatoms. The number of amides is 2. The van der Waals surface area contributed by atoms with Crippen molar-refractivity contribution in [3.05, 3.63) is 52.7 Å². The Balaban J connectivity index is 1.58. The zero-order valence-corrected chi connectivity index (χ0v) is 15.1. The first-order valence-corrected chi connectivity index (χ1v) is 8.74. The quantitative estimate of drug-likeness (QED) is 0.619. The lowest BCUT2D eigenvalue weighted by molar-refractivity contribution is -0.118. The molecular weight excluding hydrogens is 352 g/mol. The third-order valence-electron chi connectivity index (χ3n) is 3.84. The van der Waals surface area contributed by atoms with Crippen molar-refractivity contribution in [3.8, 4) is 17.0 Å². The highest BCUT2D eigenvalue weighted by molar-refractivity contribution is 7.14. The maximum atomic E-state index is 12.0. The van der Waals surface area contributed by atoms with Gasteiger partial charge in [0.1, 0.15) is 11.4 Å². The van der Waals surface area contributed by atoms with Gasteiger partial charge in [0.05, 0.1) is 5.69 Å². The minimum Gasteiger partial charge on any atom is -0.484 e. The summed E-state index contributed by atoms with van der Waals surface area (Å²) in [6.45, 7) is 3.90. The molecule has 0 bridgehead atoms. The van der Waals surface area contributed by atoms with Crippen LogP contribution < -0.4 is 15.8 Å². The van der Waals surface area contributed by atoms with E-state index in [9.17, 15) is 9.59 Å². The fourth-order valence-electron chi connectivity index (χ4n) is 2.26. The number of ether oxygens (including phenoxy) is 1. The minimum atomic E-state index is -0.538. The van der Waals surface area contributed by atoms with Crippen molar-refractivity contribution in [2.45, 2.75) is 13.8 Å². The average molecular weight is 370 g/mol. The molecule has 0 aliphatic carbocycles. The van der Waals surface area contributed by atoms with E-state index in [2.05, 4.69) is 15.3 Å². The van der Waals surface area contributed by atoms with Crippen LogP contribution in [0.15, 0.2) is 35.8 Å². The normalized spacial score (nSPS) is 10.5. The third-order valence-corrected chi connectivity index (χ3v) is 4.60. The second-order valence-electron chi connectivity index (χ2n) is 5.79. The van der Waals surface area contributed by atoms with E-state index >= 15 is 0 Å². The predicted molar refractivity (Wildman–Crippen MR) is 100 cm³/mol. The Kier molecular flexibility index (Phi) is 5.04. The lowest BCUT2D eigenvalue weighted by Gasteiger charge is -2.07. The number of benzene rings is 1. The second-order valence-corrected chi connectivity index (χ2v) is 6.65. The molecule has 0 radical (unpaired) electrons. The zero-order valence-electron chi connectivity index (χ0n) is 14.3. The summed E-state index contributed by atoms with van der Waals surface area (Å²) in [7, 11) is 0. The van der Waals surface area contributed by atoms with Crippen LogP contribution in [-0.4, -0.2) is 28.4 Å². The van der Waals surface area contributed by atoms with Gasteiger partial charge in [-0.2, -0.15) is 0 Å². The lowest BCUT2D eigenvalue weighted by atomic mass is 10.1. The molecule has 4 N–H and O–H groups in total. The van der Waals surface area contributed by atoms with Gasteiger partial charge in [0.2, 0.25) is 0 Å². The summed E-state index contributed by atoms with van der Waals surface area (Å²) in [5.74, 6) is -0.186. The lowest BCUT2D eigenvalue weighted by Crippen LogP contribution is -2.20. The molecule has 7 nitrogen and oxygen atoms in total. The molecule has 0 saturated carbocycles.